The topological polar surface area (TPSA) is 74.8 Å². The molecule has 1 unspecified atom stereocenters. The van der Waals surface area contributed by atoms with E-state index in [0.717, 1.165) is 17.3 Å². The van der Waals surface area contributed by atoms with Crippen LogP contribution in [0.1, 0.15) is 25.2 Å². The minimum atomic E-state index is -4.04. The van der Waals surface area contributed by atoms with E-state index < -0.39 is 26.8 Å². The van der Waals surface area contributed by atoms with Crippen molar-refractivity contribution in [1.29, 1.82) is 0 Å². The van der Waals surface area contributed by atoms with Crippen molar-refractivity contribution < 1.29 is 12.8 Å². The maximum absolute atomic E-state index is 14.0. The third kappa shape index (κ3) is 4.03. The summed E-state index contributed by atoms with van der Waals surface area (Å²) < 4.78 is 42.2. The summed E-state index contributed by atoms with van der Waals surface area (Å²) in [6, 6.07) is 12.8. The third-order valence-electron chi connectivity index (χ3n) is 3.90. The van der Waals surface area contributed by atoms with E-state index in [-0.39, 0.29) is 0 Å². The summed E-state index contributed by atoms with van der Waals surface area (Å²) in [4.78, 5) is 7.03. The summed E-state index contributed by atoms with van der Waals surface area (Å²) in [6.45, 7) is 1.83. The summed E-state index contributed by atoms with van der Waals surface area (Å²) in [6.07, 6.45) is 2.11. The highest BCUT2D eigenvalue weighted by molar-refractivity contribution is 9.10. The van der Waals surface area contributed by atoms with Crippen LogP contribution in [-0.4, -0.2) is 18.4 Å². The van der Waals surface area contributed by atoms with Gasteiger partial charge in [0.1, 0.15) is 16.5 Å². The molecule has 0 fully saturated rings. The highest BCUT2D eigenvalue weighted by atomic mass is 79.9. The van der Waals surface area contributed by atoms with Gasteiger partial charge in [-0.15, -0.1) is 0 Å². The highest BCUT2D eigenvalue weighted by Crippen LogP contribution is 2.24. The van der Waals surface area contributed by atoms with Crippen molar-refractivity contribution in [3.8, 4) is 11.3 Å². The first-order valence-corrected chi connectivity index (χ1v) is 10.3. The Hall–Kier alpha value is -2.03. The number of rotatable bonds is 6. The van der Waals surface area contributed by atoms with Crippen LogP contribution < -0.4 is 4.72 Å². The number of sulfonamides is 1. The number of halogens is 2. The van der Waals surface area contributed by atoms with Crippen molar-refractivity contribution in [2.45, 2.75) is 24.3 Å². The lowest BCUT2D eigenvalue weighted by Crippen LogP contribution is -2.29. The molecule has 0 bridgehead atoms. The van der Waals surface area contributed by atoms with E-state index in [4.69, 9.17) is 0 Å². The molecule has 0 radical (unpaired) electrons. The smallest absolute Gasteiger partial charge is 0.244 e. The Kier molecular flexibility index (Phi) is 5.55. The number of H-pyrrole nitrogens is 1. The van der Waals surface area contributed by atoms with E-state index >= 15 is 0 Å². The molecule has 0 aliphatic rings. The SMILES string of the molecule is CCC(NS(=O)(=O)c1cc(Br)ccc1F)c1ncc(-c2ccccc2)[nH]1. The van der Waals surface area contributed by atoms with Crippen molar-refractivity contribution in [3.05, 3.63) is 70.8 Å². The zero-order valence-electron chi connectivity index (χ0n) is 13.9. The second kappa shape index (κ2) is 7.69. The molecular formula is C18H17BrFN3O2S. The summed E-state index contributed by atoms with van der Waals surface area (Å²) in [5.41, 5.74) is 1.73. The quantitative estimate of drug-likeness (QED) is 0.599. The van der Waals surface area contributed by atoms with Gasteiger partial charge in [-0.05, 0) is 30.2 Å². The predicted molar refractivity (Wildman–Crippen MR) is 101 cm³/mol. The van der Waals surface area contributed by atoms with Crippen molar-refractivity contribution in [2.24, 2.45) is 0 Å². The number of nitrogens with zero attached hydrogens (tertiary/aromatic N) is 1. The molecular weight excluding hydrogens is 421 g/mol. The zero-order chi connectivity index (χ0) is 18.7. The van der Waals surface area contributed by atoms with Crippen molar-refractivity contribution >= 4 is 26.0 Å². The van der Waals surface area contributed by atoms with Crippen LogP contribution in [0.2, 0.25) is 0 Å². The van der Waals surface area contributed by atoms with Crippen LogP contribution in [0, 0.1) is 5.82 Å². The molecule has 2 aromatic carbocycles. The van der Waals surface area contributed by atoms with Gasteiger partial charge < -0.3 is 4.98 Å². The maximum Gasteiger partial charge on any atom is 0.244 e. The lowest BCUT2D eigenvalue weighted by molar-refractivity contribution is 0.527. The van der Waals surface area contributed by atoms with Gasteiger partial charge in [-0.25, -0.2) is 22.5 Å². The Morgan fingerprint density at radius 2 is 1.96 bits per heavy atom. The summed E-state index contributed by atoms with van der Waals surface area (Å²) in [7, 11) is -4.04. The van der Waals surface area contributed by atoms with Crippen molar-refractivity contribution in [1.82, 2.24) is 14.7 Å². The van der Waals surface area contributed by atoms with Gasteiger partial charge in [0.05, 0.1) is 17.9 Å². The fourth-order valence-corrected chi connectivity index (χ4v) is 4.44. The Morgan fingerprint density at radius 3 is 2.65 bits per heavy atom. The number of aromatic amines is 1. The lowest BCUT2D eigenvalue weighted by Gasteiger charge is -2.15. The fourth-order valence-electron chi connectivity index (χ4n) is 2.54. The minimum Gasteiger partial charge on any atom is -0.341 e. The average molecular weight is 438 g/mol. The molecule has 136 valence electrons. The van der Waals surface area contributed by atoms with Gasteiger partial charge in [-0.3, -0.25) is 0 Å². The molecule has 0 aliphatic carbocycles. The first kappa shape index (κ1) is 18.8. The Bertz CT molecular complexity index is 1010. The van der Waals surface area contributed by atoms with E-state index in [0.29, 0.717) is 16.7 Å². The molecule has 0 amide bonds. The molecule has 3 rings (SSSR count). The van der Waals surface area contributed by atoms with Gasteiger partial charge in [-0.1, -0.05) is 53.2 Å². The van der Waals surface area contributed by atoms with Gasteiger partial charge in [-0.2, -0.15) is 0 Å². The Morgan fingerprint density at radius 1 is 1.23 bits per heavy atom. The first-order valence-electron chi connectivity index (χ1n) is 7.98. The monoisotopic (exact) mass is 437 g/mol. The minimum absolute atomic E-state index is 0.403. The zero-order valence-corrected chi connectivity index (χ0v) is 16.3. The van der Waals surface area contributed by atoms with Gasteiger partial charge in [0.15, 0.2) is 0 Å². The lowest BCUT2D eigenvalue weighted by atomic mass is 10.2. The number of benzene rings is 2. The number of nitrogens with one attached hydrogen (secondary N) is 2. The van der Waals surface area contributed by atoms with Crippen LogP contribution in [-0.2, 0) is 10.0 Å². The predicted octanol–water partition coefficient (Wildman–Crippen LogP) is 4.41. The van der Waals surface area contributed by atoms with Gasteiger partial charge in [0.25, 0.3) is 0 Å². The molecule has 2 N–H and O–H groups in total. The molecule has 3 aromatic rings. The van der Waals surface area contributed by atoms with Crippen LogP contribution in [0.4, 0.5) is 4.39 Å². The Labute approximate surface area is 159 Å². The van der Waals surface area contributed by atoms with Crippen molar-refractivity contribution in [2.75, 3.05) is 0 Å². The summed E-state index contributed by atoms with van der Waals surface area (Å²) in [5.74, 6) is -0.328. The highest BCUT2D eigenvalue weighted by Gasteiger charge is 2.25. The van der Waals surface area contributed by atoms with Crippen LogP contribution in [0.3, 0.4) is 0 Å². The second-order valence-corrected chi connectivity index (χ2v) is 8.30. The number of hydrogen-bond donors (Lipinski definition) is 2. The molecule has 0 aliphatic heterocycles. The average Bonchev–Trinajstić information content (AvgIpc) is 3.12. The molecule has 8 heteroatoms. The van der Waals surface area contributed by atoms with E-state index in [1.165, 1.54) is 12.1 Å². The Balaban J connectivity index is 1.88. The summed E-state index contributed by atoms with van der Waals surface area (Å²) >= 11 is 3.17. The largest absolute Gasteiger partial charge is 0.341 e. The van der Waals surface area contributed by atoms with Gasteiger partial charge >= 0.3 is 0 Å². The standard InChI is InChI=1S/C18H17BrFN3O2S/c1-2-15(18-21-11-16(22-18)12-6-4-3-5-7-12)23-26(24,25)17-10-13(19)8-9-14(17)20/h3-11,15,23H,2H2,1H3,(H,21,22). The van der Waals surface area contributed by atoms with Crippen molar-refractivity contribution in [3.63, 3.8) is 0 Å². The molecule has 1 atom stereocenters. The molecule has 0 saturated heterocycles. The normalized spacial score (nSPS) is 12.9. The van der Waals surface area contributed by atoms with E-state index in [9.17, 15) is 12.8 Å². The summed E-state index contributed by atoms with van der Waals surface area (Å²) in [5, 5.41) is 0. The number of imidazole rings is 1. The second-order valence-electron chi connectivity index (χ2n) is 5.71. The van der Waals surface area contributed by atoms with Crippen LogP contribution in [0.25, 0.3) is 11.3 Å². The van der Waals surface area contributed by atoms with Crippen LogP contribution in [0.15, 0.2) is 64.1 Å². The van der Waals surface area contributed by atoms with Gasteiger partial charge in [0.2, 0.25) is 10.0 Å². The number of hydrogen-bond acceptors (Lipinski definition) is 3. The van der Waals surface area contributed by atoms with Crippen LogP contribution in [0.5, 0.6) is 0 Å². The first-order chi connectivity index (χ1) is 12.4. The molecule has 0 spiro atoms. The molecule has 1 heterocycles. The molecule has 5 nitrogen and oxygen atoms in total. The molecule has 1 aromatic heterocycles. The van der Waals surface area contributed by atoms with Crippen LogP contribution >= 0.6 is 15.9 Å². The van der Waals surface area contributed by atoms with E-state index in [1.807, 2.05) is 37.3 Å². The van der Waals surface area contributed by atoms with E-state index in [2.05, 4.69) is 30.6 Å². The fraction of sp³-hybridized carbons (Fsp3) is 0.167. The molecule has 26 heavy (non-hydrogen) atoms. The third-order valence-corrected chi connectivity index (χ3v) is 5.88. The maximum atomic E-state index is 14.0. The number of aromatic nitrogens is 2. The molecule has 0 saturated carbocycles. The van der Waals surface area contributed by atoms with Gasteiger partial charge in [0, 0.05) is 4.47 Å². The van der Waals surface area contributed by atoms with E-state index in [1.54, 1.807) is 6.20 Å².